The number of carbonyl (C=O) groups excluding carboxylic acids is 1. The summed E-state index contributed by atoms with van der Waals surface area (Å²) in [5, 5.41) is 1.91. The summed E-state index contributed by atoms with van der Waals surface area (Å²) in [7, 11) is -3.24. The predicted octanol–water partition coefficient (Wildman–Crippen LogP) is 0.532. The van der Waals surface area contributed by atoms with Crippen LogP contribution in [-0.4, -0.2) is 45.0 Å². The Morgan fingerprint density at radius 2 is 1.88 bits per heavy atom. The Kier molecular flexibility index (Phi) is 5.95. The Morgan fingerprint density at radius 3 is 2.31 bits per heavy atom. The van der Waals surface area contributed by atoms with E-state index in [9.17, 15) is 26.4 Å². The number of hydrogen-bond acceptors (Lipinski definition) is 4. The summed E-state index contributed by atoms with van der Waals surface area (Å²) in [6.07, 6.45) is -4.61. The minimum absolute atomic E-state index is 0.0732. The van der Waals surface area contributed by atoms with Crippen molar-refractivity contribution in [2.75, 3.05) is 24.6 Å². The van der Waals surface area contributed by atoms with E-state index in [2.05, 4.69) is 0 Å². The maximum absolute atomic E-state index is 11.7. The summed E-state index contributed by atoms with van der Waals surface area (Å²) in [5.41, 5.74) is 0. The molecule has 0 aliphatic carbocycles. The third-order valence-corrected chi connectivity index (χ3v) is 3.49. The van der Waals surface area contributed by atoms with Crippen molar-refractivity contribution in [1.29, 1.82) is 0 Å². The van der Waals surface area contributed by atoms with Crippen LogP contribution >= 0.6 is 0 Å². The first kappa shape index (κ1) is 15.4. The van der Waals surface area contributed by atoms with Crippen molar-refractivity contribution in [3.63, 3.8) is 0 Å². The summed E-state index contributed by atoms with van der Waals surface area (Å²) in [6.45, 7) is -0.264. The second-order valence-corrected chi connectivity index (χ2v) is 5.72. The van der Waals surface area contributed by atoms with E-state index in [0.717, 1.165) is 0 Å². The van der Waals surface area contributed by atoms with Crippen LogP contribution in [0.1, 0.15) is 13.3 Å². The number of carbonyl (C=O) groups is 1. The van der Waals surface area contributed by atoms with Gasteiger partial charge in [-0.25, -0.2) is 8.42 Å². The highest BCUT2D eigenvalue weighted by molar-refractivity contribution is 7.91. The largest absolute Gasteiger partial charge is 0.401 e. The first-order valence-corrected chi connectivity index (χ1v) is 6.48. The van der Waals surface area contributed by atoms with Crippen LogP contribution in [0.4, 0.5) is 13.2 Å². The molecule has 0 bridgehead atoms. The highest BCUT2D eigenvalue weighted by atomic mass is 32.2. The van der Waals surface area contributed by atoms with Gasteiger partial charge in [-0.1, -0.05) is 6.92 Å². The van der Waals surface area contributed by atoms with Gasteiger partial charge in [0, 0.05) is 12.2 Å². The molecule has 0 aromatic carbocycles. The van der Waals surface area contributed by atoms with Crippen LogP contribution in [0, 0.1) is 0 Å². The molecular formula is C8H14F3NO3S. The minimum Gasteiger partial charge on any atom is -0.302 e. The Hall–Kier alpha value is -0.630. The highest BCUT2D eigenvalue weighted by Crippen LogP contribution is 2.11. The van der Waals surface area contributed by atoms with Crippen molar-refractivity contribution in [2.24, 2.45) is 0 Å². The van der Waals surface area contributed by atoms with Gasteiger partial charge in [-0.3, -0.25) is 4.79 Å². The smallest absolute Gasteiger partial charge is 0.302 e. The Labute approximate surface area is 92.1 Å². The third-order valence-electron chi connectivity index (χ3n) is 1.78. The van der Waals surface area contributed by atoms with E-state index in [1.807, 2.05) is 5.32 Å². The molecule has 96 valence electrons. The van der Waals surface area contributed by atoms with Crippen LogP contribution in [-0.2, 0) is 14.6 Å². The van der Waals surface area contributed by atoms with Gasteiger partial charge in [0.1, 0.15) is 15.6 Å². The molecule has 0 radical (unpaired) electrons. The van der Waals surface area contributed by atoms with Gasteiger partial charge < -0.3 is 5.32 Å². The summed E-state index contributed by atoms with van der Waals surface area (Å²) in [4.78, 5) is 11.0. The van der Waals surface area contributed by atoms with Crippen LogP contribution in [0.25, 0.3) is 0 Å². The van der Waals surface area contributed by atoms with Crippen LogP contribution < -0.4 is 5.32 Å². The van der Waals surface area contributed by atoms with Gasteiger partial charge in [-0.2, -0.15) is 13.2 Å². The fourth-order valence-corrected chi connectivity index (χ4v) is 1.67. The quantitative estimate of drug-likeness (QED) is 0.726. The topological polar surface area (TPSA) is 63.2 Å². The molecular weight excluding hydrogens is 247 g/mol. The summed E-state index contributed by atoms with van der Waals surface area (Å²) in [5.74, 6) is -0.923. The second kappa shape index (κ2) is 6.19. The molecule has 1 N–H and O–H groups in total. The minimum atomic E-state index is -4.37. The Morgan fingerprint density at radius 1 is 1.31 bits per heavy atom. The zero-order valence-electron chi connectivity index (χ0n) is 8.80. The molecule has 0 heterocycles. The fourth-order valence-electron chi connectivity index (χ4n) is 0.846. The SMILES string of the molecule is CCS(=O)(=O)CCC(=O)CNCC(F)(F)F. The first-order chi connectivity index (χ1) is 7.16. The molecule has 0 saturated carbocycles. The van der Waals surface area contributed by atoms with E-state index < -0.39 is 34.9 Å². The van der Waals surface area contributed by atoms with Gasteiger partial charge in [0.15, 0.2) is 0 Å². The van der Waals surface area contributed by atoms with E-state index in [0.29, 0.717) is 0 Å². The number of hydrogen-bond donors (Lipinski definition) is 1. The second-order valence-electron chi connectivity index (χ2n) is 3.24. The Bertz CT molecular complexity index is 324. The molecule has 0 aliphatic rings. The number of alkyl halides is 3. The number of halogens is 3. The van der Waals surface area contributed by atoms with Gasteiger partial charge in [0.05, 0.1) is 18.8 Å². The van der Waals surface area contributed by atoms with E-state index in [1.54, 1.807) is 0 Å². The van der Waals surface area contributed by atoms with Gasteiger partial charge in [-0.15, -0.1) is 0 Å². The predicted molar refractivity (Wildman–Crippen MR) is 52.9 cm³/mol. The standard InChI is InChI=1S/C8H14F3NO3S/c1-2-16(14,15)4-3-7(13)5-12-6-8(9,10)11/h12H,2-6H2,1H3. The molecule has 0 aromatic rings. The summed E-state index contributed by atoms with van der Waals surface area (Å²) < 4.78 is 57.0. The van der Waals surface area contributed by atoms with Crippen molar-refractivity contribution >= 4 is 15.6 Å². The van der Waals surface area contributed by atoms with Gasteiger partial charge in [0.2, 0.25) is 0 Å². The molecule has 8 heteroatoms. The molecule has 0 aliphatic heterocycles. The Balaban J connectivity index is 3.77. The summed E-state index contributed by atoms with van der Waals surface area (Å²) >= 11 is 0. The van der Waals surface area contributed by atoms with Crippen LogP contribution in [0.2, 0.25) is 0 Å². The molecule has 0 rings (SSSR count). The van der Waals surface area contributed by atoms with Crippen LogP contribution in [0.5, 0.6) is 0 Å². The molecule has 0 amide bonds. The van der Waals surface area contributed by atoms with E-state index in [1.165, 1.54) is 6.92 Å². The van der Waals surface area contributed by atoms with E-state index in [-0.39, 0.29) is 17.9 Å². The molecule has 0 fully saturated rings. The van der Waals surface area contributed by atoms with Gasteiger partial charge in [0.25, 0.3) is 0 Å². The van der Waals surface area contributed by atoms with Crippen molar-refractivity contribution in [3.05, 3.63) is 0 Å². The molecule has 0 atom stereocenters. The van der Waals surface area contributed by atoms with Gasteiger partial charge >= 0.3 is 6.18 Å². The molecule has 0 aromatic heterocycles. The number of Topliss-reactive ketones (excluding diaryl/α,β-unsaturated/α-hetero) is 1. The lowest BCUT2D eigenvalue weighted by Crippen LogP contribution is -2.33. The van der Waals surface area contributed by atoms with E-state index >= 15 is 0 Å². The van der Waals surface area contributed by atoms with Gasteiger partial charge in [-0.05, 0) is 0 Å². The fraction of sp³-hybridized carbons (Fsp3) is 0.875. The number of sulfone groups is 1. The summed E-state index contributed by atoms with van der Waals surface area (Å²) in [6, 6.07) is 0. The lowest BCUT2D eigenvalue weighted by atomic mass is 10.3. The maximum atomic E-state index is 11.7. The van der Waals surface area contributed by atoms with E-state index in [4.69, 9.17) is 0 Å². The van der Waals surface area contributed by atoms with Crippen LogP contribution in [0.3, 0.4) is 0 Å². The monoisotopic (exact) mass is 261 g/mol. The molecule has 0 saturated heterocycles. The highest BCUT2D eigenvalue weighted by Gasteiger charge is 2.26. The lowest BCUT2D eigenvalue weighted by Gasteiger charge is -2.07. The average molecular weight is 261 g/mol. The number of rotatable bonds is 7. The number of ketones is 1. The van der Waals surface area contributed by atoms with Crippen molar-refractivity contribution in [3.8, 4) is 0 Å². The van der Waals surface area contributed by atoms with Crippen molar-refractivity contribution in [2.45, 2.75) is 19.5 Å². The van der Waals surface area contributed by atoms with Crippen molar-refractivity contribution in [1.82, 2.24) is 5.32 Å². The lowest BCUT2D eigenvalue weighted by molar-refractivity contribution is -0.127. The maximum Gasteiger partial charge on any atom is 0.401 e. The molecule has 0 unspecified atom stereocenters. The molecule has 0 spiro atoms. The molecule has 4 nitrogen and oxygen atoms in total. The van der Waals surface area contributed by atoms with Crippen molar-refractivity contribution < 1.29 is 26.4 Å². The normalized spacial score (nSPS) is 12.8. The zero-order valence-corrected chi connectivity index (χ0v) is 9.62. The van der Waals surface area contributed by atoms with Crippen LogP contribution in [0.15, 0.2) is 0 Å². The zero-order chi connectivity index (χ0) is 12.8. The number of nitrogens with one attached hydrogen (secondary N) is 1. The first-order valence-electron chi connectivity index (χ1n) is 4.66. The third kappa shape index (κ3) is 8.66. The molecule has 16 heavy (non-hydrogen) atoms. The average Bonchev–Trinajstić information content (AvgIpc) is 2.13.